The lowest BCUT2D eigenvalue weighted by Gasteiger charge is -2.28. The summed E-state index contributed by atoms with van der Waals surface area (Å²) in [6.45, 7) is 6.99. The molecule has 1 saturated heterocycles. The SMILES string of the molecule is C=C1C(=N/C=C(\C)F)CCCNC(=O)c2cnn3ccc(nc23)N2CCC[C@H]12. The zero-order valence-corrected chi connectivity index (χ0v) is 15.9. The van der Waals surface area contributed by atoms with E-state index in [-0.39, 0.29) is 17.8 Å². The van der Waals surface area contributed by atoms with Crippen LogP contribution in [0.4, 0.5) is 10.2 Å². The lowest BCUT2D eigenvalue weighted by molar-refractivity contribution is 0.0955. The van der Waals surface area contributed by atoms with Crippen LogP contribution < -0.4 is 10.2 Å². The molecule has 2 aliphatic heterocycles. The van der Waals surface area contributed by atoms with E-state index >= 15 is 0 Å². The van der Waals surface area contributed by atoms with E-state index in [4.69, 9.17) is 4.98 Å². The Morgan fingerprint density at radius 3 is 3.14 bits per heavy atom. The maximum atomic E-state index is 13.3. The Hall–Kier alpha value is -3.03. The number of aromatic nitrogens is 3. The van der Waals surface area contributed by atoms with Gasteiger partial charge < -0.3 is 10.2 Å². The van der Waals surface area contributed by atoms with Crippen LogP contribution in [0.25, 0.3) is 5.65 Å². The van der Waals surface area contributed by atoms with Gasteiger partial charge in [0.25, 0.3) is 5.91 Å². The van der Waals surface area contributed by atoms with Crippen molar-refractivity contribution in [3.8, 4) is 0 Å². The van der Waals surface area contributed by atoms with Crippen LogP contribution in [0.3, 0.4) is 0 Å². The number of fused-ring (bicyclic) bond motifs is 3. The predicted octanol–water partition coefficient (Wildman–Crippen LogP) is 3.05. The first-order valence-corrected chi connectivity index (χ1v) is 9.52. The van der Waals surface area contributed by atoms with Crippen molar-refractivity contribution >= 4 is 23.1 Å². The van der Waals surface area contributed by atoms with Crippen molar-refractivity contribution in [1.29, 1.82) is 0 Å². The third kappa shape index (κ3) is 3.42. The number of anilines is 1. The van der Waals surface area contributed by atoms with Crippen LogP contribution in [-0.4, -0.2) is 45.3 Å². The van der Waals surface area contributed by atoms with Gasteiger partial charge in [-0.3, -0.25) is 9.79 Å². The summed E-state index contributed by atoms with van der Waals surface area (Å²) in [7, 11) is 0. The second-order valence-electron chi connectivity index (χ2n) is 7.14. The average Bonchev–Trinajstić information content (AvgIpc) is 3.32. The molecule has 1 atom stereocenters. The number of hydrogen-bond acceptors (Lipinski definition) is 5. The van der Waals surface area contributed by atoms with Gasteiger partial charge in [-0.05, 0) is 44.2 Å². The molecule has 2 aliphatic rings. The van der Waals surface area contributed by atoms with E-state index in [0.717, 1.165) is 36.5 Å². The zero-order valence-electron chi connectivity index (χ0n) is 15.9. The number of rotatable bonds is 1. The van der Waals surface area contributed by atoms with Gasteiger partial charge in [-0.2, -0.15) is 5.10 Å². The molecule has 7 nitrogen and oxygen atoms in total. The molecule has 0 unspecified atom stereocenters. The maximum Gasteiger partial charge on any atom is 0.256 e. The van der Waals surface area contributed by atoms with Crippen LogP contribution in [0.1, 0.15) is 43.0 Å². The summed E-state index contributed by atoms with van der Waals surface area (Å²) in [5.41, 5.74) is 2.65. The first-order valence-electron chi connectivity index (χ1n) is 9.52. The molecule has 0 spiro atoms. The number of carbonyl (C=O) groups is 1. The van der Waals surface area contributed by atoms with E-state index in [1.54, 1.807) is 10.7 Å². The standard InChI is InChI=1S/C20H23FN6O/c1-13(21)11-23-16-5-3-8-22-20(28)15-12-24-27-10-7-18(25-19(15)27)26-9-4-6-17(26)14(16)2/h7,10-12,17H,2-6,8-9H2,1H3,(H,22,28)/b13-11+,23-16?/t17-/m1/s1. The van der Waals surface area contributed by atoms with Crippen LogP contribution in [-0.2, 0) is 0 Å². The van der Waals surface area contributed by atoms with Gasteiger partial charge in [-0.1, -0.05) is 6.58 Å². The lowest BCUT2D eigenvalue weighted by atomic mass is 9.98. The van der Waals surface area contributed by atoms with E-state index < -0.39 is 0 Å². The quantitative estimate of drug-likeness (QED) is 0.823. The van der Waals surface area contributed by atoms with Crippen LogP contribution >= 0.6 is 0 Å². The highest BCUT2D eigenvalue weighted by atomic mass is 19.1. The summed E-state index contributed by atoms with van der Waals surface area (Å²) in [6.07, 6.45) is 7.84. The van der Waals surface area contributed by atoms with Gasteiger partial charge in [0, 0.05) is 25.0 Å². The molecule has 1 fully saturated rings. The number of allylic oxidation sites excluding steroid dienone is 1. The van der Waals surface area contributed by atoms with Crippen LogP contribution in [0, 0.1) is 0 Å². The molecule has 4 heterocycles. The molecule has 0 aromatic carbocycles. The minimum Gasteiger partial charge on any atom is -0.352 e. The van der Waals surface area contributed by atoms with Gasteiger partial charge >= 0.3 is 0 Å². The van der Waals surface area contributed by atoms with E-state index in [0.29, 0.717) is 30.6 Å². The van der Waals surface area contributed by atoms with E-state index in [2.05, 4.69) is 26.9 Å². The monoisotopic (exact) mass is 382 g/mol. The molecule has 0 saturated carbocycles. The minimum atomic E-state index is -0.348. The summed E-state index contributed by atoms with van der Waals surface area (Å²) in [5.74, 6) is 0.231. The Morgan fingerprint density at radius 2 is 2.32 bits per heavy atom. The first-order chi connectivity index (χ1) is 13.5. The Bertz CT molecular complexity index is 988. The van der Waals surface area contributed by atoms with Gasteiger partial charge in [0.15, 0.2) is 5.65 Å². The molecular weight excluding hydrogens is 359 g/mol. The fourth-order valence-electron chi connectivity index (χ4n) is 3.80. The zero-order chi connectivity index (χ0) is 19.7. The second kappa shape index (κ2) is 7.53. The van der Waals surface area contributed by atoms with Crippen molar-refractivity contribution < 1.29 is 9.18 Å². The van der Waals surface area contributed by atoms with Crippen molar-refractivity contribution in [1.82, 2.24) is 19.9 Å². The number of amides is 1. The van der Waals surface area contributed by atoms with Crippen molar-refractivity contribution in [3.63, 3.8) is 0 Å². The Labute approximate surface area is 162 Å². The topological polar surface area (TPSA) is 74.9 Å². The molecule has 8 heteroatoms. The molecular formula is C20H23FN6O. The normalized spacial score (nSPS) is 22.8. The Kier molecular flexibility index (Phi) is 4.93. The maximum absolute atomic E-state index is 13.3. The number of halogens is 1. The van der Waals surface area contributed by atoms with Crippen molar-refractivity contribution in [2.24, 2.45) is 4.99 Å². The van der Waals surface area contributed by atoms with Crippen LogP contribution in [0.15, 0.2) is 47.6 Å². The molecule has 2 aromatic rings. The molecule has 28 heavy (non-hydrogen) atoms. The summed E-state index contributed by atoms with van der Waals surface area (Å²) in [6, 6.07) is 1.95. The molecule has 1 amide bonds. The van der Waals surface area contributed by atoms with Gasteiger partial charge in [0.05, 0.1) is 18.4 Å². The Morgan fingerprint density at radius 1 is 1.46 bits per heavy atom. The molecule has 4 rings (SSSR count). The molecule has 0 aliphatic carbocycles. The molecule has 2 aromatic heterocycles. The van der Waals surface area contributed by atoms with Crippen molar-refractivity contribution in [3.05, 3.63) is 48.2 Å². The van der Waals surface area contributed by atoms with Gasteiger partial charge in [0.2, 0.25) is 0 Å². The largest absolute Gasteiger partial charge is 0.352 e. The summed E-state index contributed by atoms with van der Waals surface area (Å²) < 4.78 is 14.9. The average molecular weight is 382 g/mol. The third-order valence-corrected chi connectivity index (χ3v) is 5.19. The minimum absolute atomic E-state index is 0.0535. The summed E-state index contributed by atoms with van der Waals surface area (Å²) in [5, 5.41) is 7.14. The number of nitrogens with one attached hydrogen (secondary N) is 1. The summed E-state index contributed by atoms with van der Waals surface area (Å²) >= 11 is 0. The third-order valence-electron chi connectivity index (χ3n) is 5.19. The highest BCUT2D eigenvalue weighted by Crippen LogP contribution is 2.30. The highest BCUT2D eigenvalue weighted by molar-refractivity contribution is 6.02. The van der Waals surface area contributed by atoms with E-state index in [1.807, 2.05) is 12.3 Å². The number of nitrogens with zero attached hydrogens (tertiary/aromatic N) is 5. The summed E-state index contributed by atoms with van der Waals surface area (Å²) in [4.78, 5) is 23.8. The van der Waals surface area contributed by atoms with E-state index in [1.165, 1.54) is 13.1 Å². The predicted molar refractivity (Wildman–Crippen MR) is 106 cm³/mol. The number of hydrogen-bond donors (Lipinski definition) is 1. The molecule has 0 radical (unpaired) electrons. The smallest absolute Gasteiger partial charge is 0.256 e. The lowest BCUT2D eigenvalue weighted by Crippen LogP contribution is -2.34. The van der Waals surface area contributed by atoms with Crippen LogP contribution in [0.5, 0.6) is 0 Å². The fourth-order valence-corrected chi connectivity index (χ4v) is 3.80. The number of carbonyl (C=O) groups excluding carboxylic acids is 1. The van der Waals surface area contributed by atoms with Gasteiger partial charge in [-0.15, -0.1) is 0 Å². The highest BCUT2D eigenvalue weighted by Gasteiger charge is 2.30. The second-order valence-corrected chi connectivity index (χ2v) is 7.14. The van der Waals surface area contributed by atoms with Crippen molar-refractivity contribution in [2.75, 3.05) is 18.0 Å². The molecule has 1 N–H and O–H groups in total. The van der Waals surface area contributed by atoms with Gasteiger partial charge in [0.1, 0.15) is 17.2 Å². The fraction of sp³-hybridized carbons (Fsp3) is 0.400. The first kappa shape index (κ1) is 18.3. The molecule has 2 bridgehead atoms. The number of aliphatic imine (C=N–C) groups is 1. The van der Waals surface area contributed by atoms with Crippen molar-refractivity contribution in [2.45, 2.75) is 38.6 Å². The molecule has 146 valence electrons. The van der Waals surface area contributed by atoms with Crippen LogP contribution in [0.2, 0.25) is 0 Å². The van der Waals surface area contributed by atoms with E-state index in [9.17, 15) is 9.18 Å². The Balaban J connectivity index is 1.78. The van der Waals surface area contributed by atoms with Gasteiger partial charge in [-0.25, -0.2) is 13.9 Å².